The summed E-state index contributed by atoms with van der Waals surface area (Å²) < 4.78 is 5.10. The van der Waals surface area contributed by atoms with E-state index >= 15 is 0 Å². The van der Waals surface area contributed by atoms with Crippen molar-refractivity contribution >= 4 is 11.8 Å². The van der Waals surface area contributed by atoms with Crippen LogP contribution in [0.3, 0.4) is 0 Å². The summed E-state index contributed by atoms with van der Waals surface area (Å²) in [5.41, 5.74) is 0. The first kappa shape index (κ1) is 13.9. The molecule has 0 aliphatic carbocycles. The highest BCUT2D eigenvalue weighted by Crippen LogP contribution is 1.88. The smallest absolute Gasteiger partial charge is 0.246 e. The molecule has 0 saturated carbocycles. The van der Waals surface area contributed by atoms with Gasteiger partial charge in [-0.05, 0) is 13.8 Å². The molecule has 0 unspecified atom stereocenters. The molecular formula is C10H20N2O3. The van der Waals surface area contributed by atoms with Gasteiger partial charge in [0.2, 0.25) is 11.8 Å². The van der Waals surface area contributed by atoms with Gasteiger partial charge in [-0.1, -0.05) is 0 Å². The van der Waals surface area contributed by atoms with Crippen LogP contribution in [0, 0.1) is 0 Å². The molecule has 0 aliphatic rings. The third kappa shape index (κ3) is 7.93. The molecule has 1 N–H and O–H groups in total. The number of carbonyl (C=O) groups excluding carboxylic acids is 2. The predicted molar refractivity (Wildman–Crippen MR) is 57.4 cm³/mol. The lowest BCUT2D eigenvalue weighted by Crippen LogP contribution is -2.32. The van der Waals surface area contributed by atoms with Gasteiger partial charge in [0, 0.05) is 27.1 Å². The van der Waals surface area contributed by atoms with Crippen molar-refractivity contribution in [3.8, 4) is 0 Å². The first-order valence-electron chi connectivity index (χ1n) is 5.02. The SMILES string of the molecule is CC(C)OCC(=O)NCCC(=O)N(C)C. The molecule has 0 aromatic heterocycles. The number of nitrogens with one attached hydrogen (secondary N) is 1. The van der Waals surface area contributed by atoms with Crippen LogP contribution in [0.5, 0.6) is 0 Å². The van der Waals surface area contributed by atoms with Crippen LogP contribution in [-0.2, 0) is 14.3 Å². The number of amides is 2. The van der Waals surface area contributed by atoms with E-state index < -0.39 is 0 Å². The van der Waals surface area contributed by atoms with Crippen LogP contribution in [0.4, 0.5) is 0 Å². The zero-order valence-electron chi connectivity index (χ0n) is 9.87. The van der Waals surface area contributed by atoms with E-state index in [1.165, 1.54) is 4.90 Å². The Labute approximate surface area is 90.8 Å². The van der Waals surface area contributed by atoms with E-state index in [1.54, 1.807) is 14.1 Å². The molecule has 88 valence electrons. The fourth-order valence-corrected chi connectivity index (χ4v) is 0.826. The minimum absolute atomic E-state index is 0.0000722. The largest absolute Gasteiger partial charge is 0.369 e. The van der Waals surface area contributed by atoms with E-state index in [4.69, 9.17) is 4.74 Å². The lowest BCUT2D eigenvalue weighted by molar-refractivity contribution is -0.129. The average molecular weight is 216 g/mol. The Morgan fingerprint density at radius 1 is 1.33 bits per heavy atom. The van der Waals surface area contributed by atoms with Crippen molar-refractivity contribution in [2.24, 2.45) is 0 Å². The number of hydrogen-bond donors (Lipinski definition) is 1. The molecule has 0 aliphatic heterocycles. The second-order valence-electron chi connectivity index (χ2n) is 3.75. The predicted octanol–water partition coefficient (Wildman–Crippen LogP) is 0.00590. The number of hydrogen-bond acceptors (Lipinski definition) is 3. The van der Waals surface area contributed by atoms with Gasteiger partial charge in [-0.15, -0.1) is 0 Å². The van der Waals surface area contributed by atoms with Crippen LogP contribution >= 0.6 is 0 Å². The number of rotatable bonds is 6. The first-order valence-corrected chi connectivity index (χ1v) is 5.02. The summed E-state index contributed by atoms with van der Waals surface area (Å²) in [5, 5.41) is 2.61. The van der Waals surface area contributed by atoms with Crippen molar-refractivity contribution in [3.63, 3.8) is 0 Å². The van der Waals surface area contributed by atoms with Crippen molar-refractivity contribution in [1.29, 1.82) is 0 Å². The van der Waals surface area contributed by atoms with Gasteiger partial charge in [-0.3, -0.25) is 9.59 Å². The van der Waals surface area contributed by atoms with Crippen LogP contribution in [-0.4, -0.2) is 50.1 Å². The van der Waals surface area contributed by atoms with E-state index in [9.17, 15) is 9.59 Å². The molecule has 5 nitrogen and oxygen atoms in total. The van der Waals surface area contributed by atoms with Crippen molar-refractivity contribution in [2.45, 2.75) is 26.4 Å². The fourth-order valence-electron chi connectivity index (χ4n) is 0.826. The maximum atomic E-state index is 11.1. The highest BCUT2D eigenvalue weighted by atomic mass is 16.5. The van der Waals surface area contributed by atoms with Gasteiger partial charge in [0.25, 0.3) is 0 Å². The second kappa shape index (κ2) is 7.23. The minimum atomic E-state index is -0.185. The summed E-state index contributed by atoms with van der Waals surface area (Å²) in [6.07, 6.45) is 0.361. The molecule has 0 rings (SSSR count). The van der Waals surface area contributed by atoms with Crippen LogP contribution in [0.2, 0.25) is 0 Å². The fraction of sp³-hybridized carbons (Fsp3) is 0.800. The number of carbonyl (C=O) groups is 2. The Morgan fingerprint density at radius 2 is 1.93 bits per heavy atom. The maximum absolute atomic E-state index is 11.1. The standard InChI is InChI=1S/C10H20N2O3/c1-8(2)15-7-9(13)11-6-5-10(14)12(3)4/h8H,5-7H2,1-4H3,(H,11,13). The highest BCUT2D eigenvalue weighted by Gasteiger charge is 2.06. The summed E-state index contributed by atoms with van der Waals surface area (Å²) in [7, 11) is 3.37. The summed E-state index contributed by atoms with van der Waals surface area (Å²) in [6.45, 7) is 4.14. The quantitative estimate of drug-likeness (QED) is 0.680. The monoisotopic (exact) mass is 216 g/mol. The van der Waals surface area contributed by atoms with Crippen LogP contribution in [0.15, 0.2) is 0 Å². The van der Waals surface area contributed by atoms with Gasteiger partial charge in [0.05, 0.1) is 6.10 Å². The molecule has 0 atom stereocenters. The summed E-state index contributed by atoms with van der Waals surface area (Å²) in [6, 6.07) is 0. The lowest BCUT2D eigenvalue weighted by Gasteiger charge is -2.11. The van der Waals surface area contributed by atoms with E-state index in [-0.39, 0.29) is 24.5 Å². The molecule has 0 aromatic rings. The van der Waals surface area contributed by atoms with Crippen molar-refractivity contribution < 1.29 is 14.3 Å². The molecule has 5 heteroatoms. The highest BCUT2D eigenvalue weighted by molar-refractivity contribution is 5.79. The molecular weight excluding hydrogens is 196 g/mol. The van der Waals surface area contributed by atoms with Gasteiger partial charge in [0.1, 0.15) is 6.61 Å². The zero-order chi connectivity index (χ0) is 11.8. The van der Waals surface area contributed by atoms with Crippen LogP contribution in [0.1, 0.15) is 20.3 Å². The molecule has 0 spiro atoms. The second-order valence-corrected chi connectivity index (χ2v) is 3.75. The third-order valence-electron chi connectivity index (χ3n) is 1.71. The Balaban J connectivity index is 3.51. The molecule has 0 aromatic carbocycles. The average Bonchev–Trinajstić information content (AvgIpc) is 2.14. The molecule has 0 heterocycles. The topological polar surface area (TPSA) is 58.6 Å². The summed E-state index contributed by atoms with van der Waals surface area (Å²) >= 11 is 0. The zero-order valence-corrected chi connectivity index (χ0v) is 9.87. The van der Waals surface area contributed by atoms with Gasteiger partial charge < -0.3 is 15.0 Å². The van der Waals surface area contributed by atoms with Gasteiger partial charge in [0.15, 0.2) is 0 Å². The van der Waals surface area contributed by atoms with Gasteiger partial charge in [-0.2, -0.15) is 0 Å². The first-order chi connectivity index (χ1) is 6.93. The van der Waals surface area contributed by atoms with Gasteiger partial charge >= 0.3 is 0 Å². The summed E-state index contributed by atoms with van der Waals surface area (Å²) in [4.78, 5) is 23.8. The van der Waals surface area contributed by atoms with E-state index in [0.29, 0.717) is 13.0 Å². The molecule has 0 radical (unpaired) electrons. The molecule has 2 amide bonds. The normalized spacial score (nSPS) is 10.2. The van der Waals surface area contributed by atoms with Crippen molar-refractivity contribution in [2.75, 3.05) is 27.2 Å². The number of ether oxygens (including phenoxy) is 1. The van der Waals surface area contributed by atoms with E-state index in [0.717, 1.165) is 0 Å². The Kier molecular flexibility index (Phi) is 6.70. The lowest BCUT2D eigenvalue weighted by atomic mass is 10.4. The van der Waals surface area contributed by atoms with Gasteiger partial charge in [-0.25, -0.2) is 0 Å². The van der Waals surface area contributed by atoms with E-state index in [1.807, 2.05) is 13.8 Å². The summed E-state index contributed by atoms with van der Waals surface area (Å²) in [5.74, 6) is -0.185. The minimum Gasteiger partial charge on any atom is -0.369 e. The molecule has 0 saturated heterocycles. The van der Waals surface area contributed by atoms with Crippen molar-refractivity contribution in [3.05, 3.63) is 0 Å². The van der Waals surface area contributed by atoms with Crippen LogP contribution in [0.25, 0.3) is 0 Å². The molecule has 0 fully saturated rings. The maximum Gasteiger partial charge on any atom is 0.246 e. The Hall–Kier alpha value is -1.10. The third-order valence-corrected chi connectivity index (χ3v) is 1.71. The molecule has 0 bridgehead atoms. The Morgan fingerprint density at radius 3 is 2.40 bits per heavy atom. The Bertz CT molecular complexity index is 215. The van der Waals surface area contributed by atoms with E-state index in [2.05, 4.69) is 5.32 Å². The molecule has 15 heavy (non-hydrogen) atoms. The van der Waals surface area contributed by atoms with Crippen LogP contribution < -0.4 is 5.32 Å². The number of nitrogens with zero attached hydrogens (tertiary/aromatic N) is 1. The van der Waals surface area contributed by atoms with Crippen molar-refractivity contribution in [1.82, 2.24) is 10.2 Å².